The maximum Gasteiger partial charge on any atom is 0.407 e. The van der Waals surface area contributed by atoms with Crippen molar-refractivity contribution in [1.29, 1.82) is 0 Å². The fourth-order valence-electron chi connectivity index (χ4n) is 2.38. The Bertz CT molecular complexity index is 510. The predicted molar refractivity (Wildman–Crippen MR) is 86.4 cm³/mol. The highest BCUT2D eigenvalue weighted by Gasteiger charge is 2.31. The van der Waals surface area contributed by atoms with Crippen LogP contribution < -0.4 is 4.74 Å². The monoisotopic (exact) mass is 389 g/mol. The summed E-state index contributed by atoms with van der Waals surface area (Å²) in [4.78, 5) is 12.8. The van der Waals surface area contributed by atoms with Gasteiger partial charge in [-0.25, -0.2) is 4.79 Å². The molecule has 0 saturated carbocycles. The lowest BCUT2D eigenvalue weighted by Crippen LogP contribution is -2.50. The highest BCUT2D eigenvalue weighted by Crippen LogP contribution is 2.30. The van der Waals surface area contributed by atoms with Crippen LogP contribution in [-0.2, 0) is 6.42 Å². The Balaban J connectivity index is 2.09. The standard InChI is InChI=1S/C15H20INO3/c1-15(2,3)17(14(18)19)9-12-6-4-10-8-11(16)5-7-13(10)20-12/h5,7-8,12H,4,6,9H2,1-3H3,(H,18,19)/t12-/m1/s1. The van der Waals surface area contributed by atoms with E-state index < -0.39 is 11.6 Å². The molecule has 0 unspecified atom stereocenters. The first kappa shape index (κ1) is 15.4. The average Bonchev–Trinajstić information content (AvgIpc) is 2.34. The number of hydrogen-bond donors (Lipinski definition) is 1. The van der Waals surface area contributed by atoms with Gasteiger partial charge >= 0.3 is 6.09 Å². The van der Waals surface area contributed by atoms with E-state index in [2.05, 4.69) is 28.7 Å². The Morgan fingerprint density at radius 3 is 2.80 bits per heavy atom. The normalized spacial score (nSPS) is 18.1. The lowest BCUT2D eigenvalue weighted by atomic mass is 10.00. The van der Waals surface area contributed by atoms with Crippen LogP contribution in [0.4, 0.5) is 4.79 Å². The Morgan fingerprint density at radius 2 is 2.20 bits per heavy atom. The lowest BCUT2D eigenvalue weighted by molar-refractivity contribution is 0.0578. The van der Waals surface area contributed by atoms with Crippen LogP contribution in [0.5, 0.6) is 5.75 Å². The van der Waals surface area contributed by atoms with Gasteiger partial charge in [-0.05, 0) is 80.0 Å². The molecule has 110 valence electrons. The molecule has 1 N–H and O–H groups in total. The fourth-order valence-corrected chi connectivity index (χ4v) is 2.94. The number of carboxylic acid groups (broad SMARTS) is 1. The number of amides is 1. The molecule has 1 aromatic rings. The first-order valence-electron chi connectivity index (χ1n) is 6.73. The minimum Gasteiger partial charge on any atom is -0.488 e. The van der Waals surface area contributed by atoms with Gasteiger partial charge in [0.2, 0.25) is 0 Å². The highest BCUT2D eigenvalue weighted by atomic mass is 127. The first-order chi connectivity index (χ1) is 9.27. The summed E-state index contributed by atoms with van der Waals surface area (Å²) in [6.45, 7) is 6.12. The third-order valence-corrected chi connectivity index (χ3v) is 4.15. The second-order valence-electron chi connectivity index (χ2n) is 6.09. The number of aryl methyl sites for hydroxylation is 1. The SMILES string of the molecule is CC(C)(C)N(C[C@H]1CCc2cc(I)ccc2O1)C(=O)O. The second kappa shape index (κ2) is 5.79. The van der Waals surface area contributed by atoms with Crippen LogP contribution in [0, 0.1) is 3.57 Å². The number of ether oxygens (including phenoxy) is 1. The van der Waals surface area contributed by atoms with Crippen molar-refractivity contribution in [3.63, 3.8) is 0 Å². The lowest BCUT2D eigenvalue weighted by Gasteiger charge is -2.37. The predicted octanol–water partition coefficient (Wildman–Crippen LogP) is 3.76. The Kier molecular flexibility index (Phi) is 4.46. The summed E-state index contributed by atoms with van der Waals surface area (Å²) in [5, 5.41) is 9.34. The molecule has 1 aliphatic rings. The van der Waals surface area contributed by atoms with Crippen molar-refractivity contribution in [1.82, 2.24) is 4.90 Å². The maximum absolute atomic E-state index is 11.4. The summed E-state index contributed by atoms with van der Waals surface area (Å²) in [6.07, 6.45) is 0.828. The van der Waals surface area contributed by atoms with Gasteiger partial charge < -0.3 is 9.84 Å². The zero-order chi connectivity index (χ0) is 14.9. The summed E-state index contributed by atoms with van der Waals surface area (Å²) >= 11 is 2.29. The van der Waals surface area contributed by atoms with Crippen molar-refractivity contribution in [2.24, 2.45) is 0 Å². The van der Waals surface area contributed by atoms with Gasteiger partial charge in [0.05, 0.1) is 6.54 Å². The van der Waals surface area contributed by atoms with Crippen LogP contribution in [0.1, 0.15) is 32.8 Å². The molecular weight excluding hydrogens is 369 g/mol. The number of carbonyl (C=O) groups is 1. The molecule has 0 saturated heterocycles. The van der Waals surface area contributed by atoms with Gasteiger partial charge in [-0.3, -0.25) is 4.90 Å². The summed E-state index contributed by atoms with van der Waals surface area (Å²) in [7, 11) is 0. The number of hydrogen-bond acceptors (Lipinski definition) is 2. The van der Waals surface area contributed by atoms with Crippen LogP contribution >= 0.6 is 22.6 Å². The van der Waals surface area contributed by atoms with E-state index >= 15 is 0 Å². The van der Waals surface area contributed by atoms with Gasteiger partial charge in [0.1, 0.15) is 11.9 Å². The Hall–Kier alpha value is -0.980. The largest absolute Gasteiger partial charge is 0.488 e. The fraction of sp³-hybridized carbons (Fsp3) is 0.533. The summed E-state index contributed by atoms with van der Waals surface area (Å²) < 4.78 is 7.15. The minimum absolute atomic E-state index is 0.0714. The van der Waals surface area contributed by atoms with Crippen molar-refractivity contribution in [2.75, 3.05) is 6.54 Å². The average molecular weight is 389 g/mol. The first-order valence-corrected chi connectivity index (χ1v) is 7.81. The zero-order valence-corrected chi connectivity index (χ0v) is 14.2. The van der Waals surface area contributed by atoms with Crippen LogP contribution in [0.25, 0.3) is 0 Å². The summed E-state index contributed by atoms with van der Waals surface area (Å²) in [5.74, 6) is 0.890. The van der Waals surface area contributed by atoms with Gasteiger partial charge in [-0.1, -0.05) is 0 Å². The van der Waals surface area contributed by atoms with Gasteiger partial charge in [0, 0.05) is 9.11 Å². The van der Waals surface area contributed by atoms with E-state index in [1.54, 1.807) is 0 Å². The molecular formula is C15H20INO3. The molecule has 0 bridgehead atoms. The maximum atomic E-state index is 11.4. The van der Waals surface area contributed by atoms with Crippen molar-refractivity contribution in [2.45, 2.75) is 45.3 Å². The molecule has 1 atom stereocenters. The van der Waals surface area contributed by atoms with E-state index in [9.17, 15) is 9.90 Å². The molecule has 1 heterocycles. The topological polar surface area (TPSA) is 49.8 Å². The molecule has 0 fully saturated rings. The van der Waals surface area contributed by atoms with E-state index in [1.165, 1.54) is 14.0 Å². The third-order valence-electron chi connectivity index (χ3n) is 3.48. The molecule has 0 aliphatic carbocycles. The number of halogens is 1. The summed E-state index contributed by atoms with van der Waals surface area (Å²) in [5.41, 5.74) is 0.799. The van der Waals surface area contributed by atoms with E-state index in [0.717, 1.165) is 18.6 Å². The van der Waals surface area contributed by atoms with Crippen LogP contribution in [0.3, 0.4) is 0 Å². The van der Waals surface area contributed by atoms with Crippen molar-refractivity contribution >= 4 is 28.7 Å². The third kappa shape index (κ3) is 3.56. The highest BCUT2D eigenvalue weighted by molar-refractivity contribution is 14.1. The van der Waals surface area contributed by atoms with Crippen molar-refractivity contribution in [3.05, 3.63) is 27.3 Å². The van der Waals surface area contributed by atoms with Gasteiger partial charge in [-0.15, -0.1) is 0 Å². The summed E-state index contributed by atoms with van der Waals surface area (Å²) in [6, 6.07) is 6.12. The van der Waals surface area contributed by atoms with Crippen LogP contribution in [0.2, 0.25) is 0 Å². The van der Waals surface area contributed by atoms with E-state index in [-0.39, 0.29) is 6.10 Å². The van der Waals surface area contributed by atoms with E-state index in [0.29, 0.717) is 6.54 Å². The van der Waals surface area contributed by atoms with Gasteiger partial charge in [0.25, 0.3) is 0 Å². The molecule has 20 heavy (non-hydrogen) atoms. The minimum atomic E-state index is -0.894. The van der Waals surface area contributed by atoms with Crippen LogP contribution in [0.15, 0.2) is 18.2 Å². The van der Waals surface area contributed by atoms with E-state index in [4.69, 9.17) is 4.74 Å². The second-order valence-corrected chi connectivity index (χ2v) is 7.34. The molecule has 0 spiro atoms. The quantitative estimate of drug-likeness (QED) is 0.784. The van der Waals surface area contributed by atoms with Gasteiger partial charge in [0.15, 0.2) is 0 Å². The molecule has 1 aliphatic heterocycles. The van der Waals surface area contributed by atoms with Crippen LogP contribution in [-0.4, -0.2) is 34.3 Å². The molecule has 1 amide bonds. The number of fused-ring (bicyclic) bond motifs is 1. The Morgan fingerprint density at radius 1 is 1.50 bits per heavy atom. The van der Waals surface area contributed by atoms with E-state index in [1.807, 2.05) is 32.9 Å². The molecule has 5 heteroatoms. The number of nitrogens with zero attached hydrogens (tertiary/aromatic N) is 1. The zero-order valence-electron chi connectivity index (χ0n) is 12.0. The number of rotatable bonds is 2. The molecule has 0 aromatic heterocycles. The molecule has 2 rings (SSSR count). The number of benzene rings is 1. The van der Waals surface area contributed by atoms with Gasteiger partial charge in [-0.2, -0.15) is 0 Å². The molecule has 4 nitrogen and oxygen atoms in total. The molecule has 1 aromatic carbocycles. The Labute approximate surface area is 133 Å². The van der Waals surface area contributed by atoms with Crippen molar-refractivity contribution < 1.29 is 14.6 Å². The van der Waals surface area contributed by atoms with Crippen molar-refractivity contribution in [3.8, 4) is 5.75 Å². The smallest absolute Gasteiger partial charge is 0.407 e. The molecule has 0 radical (unpaired) electrons.